The molecule has 82 valence electrons. The highest BCUT2D eigenvalue weighted by atomic mass is 19.1. The molecule has 0 saturated carbocycles. The van der Waals surface area contributed by atoms with E-state index < -0.39 is 11.8 Å². The Kier molecular flexibility index (Phi) is 3.49. The number of rotatable bonds is 4. The molecule has 0 unspecified atom stereocenters. The predicted molar refractivity (Wildman–Crippen MR) is 50.6 cm³/mol. The van der Waals surface area contributed by atoms with Crippen LogP contribution in [0.15, 0.2) is 12.1 Å². The van der Waals surface area contributed by atoms with Gasteiger partial charge in [-0.15, -0.1) is 0 Å². The molecule has 1 aromatic carbocycles. The van der Waals surface area contributed by atoms with Gasteiger partial charge in [-0.3, -0.25) is 4.79 Å². The molecule has 1 rings (SSSR count). The molecule has 0 heterocycles. The van der Waals surface area contributed by atoms with Crippen molar-refractivity contribution in [3.05, 3.63) is 23.5 Å². The second-order valence-electron chi connectivity index (χ2n) is 2.97. The number of carboxylic acid groups (broad SMARTS) is 1. The molecule has 0 saturated heterocycles. The van der Waals surface area contributed by atoms with Crippen LogP contribution in [0.1, 0.15) is 12.0 Å². The molecule has 1 aromatic rings. The van der Waals surface area contributed by atoms with Crippen LogP contribution in [0.2, 0.25) is 0 Å². The van der Waals surface area contributed by atoms with E-state index in [9.17, 15) is 14.3 Å². The quantitative estimate of drug-likeness (QED) is 0.798. The Labute approximate surface area is 85.9 Å². The maximum atomic E-state index is 13.5. The van der Waals surface area contributed by atoms with Gasteiger partial charge >= 0.3 is 5.97 Å². The number of benzene rings is 1. The fourth-order valence-electron chi connectivity index (χ4n) is 1.22. The van der Waals surface area contributed by atoms with Crippen molar-refractivity contribution in [2.45, 2.75) is 12.8 Å². The number of carbonyl (C=O) groups is 1. The van der Waals surface area contributed by atoms with Gasteiger partial charge in [0.05, 0.1) is 7.11 Å². The first kappa shape index (κ1) is 11.3. The number of phenolic OH excluding ortho intramolecular Hbond substituents is 1. The third-order valence-corrected chi connectivity index (χ3v) is 1.99. The molecule has 0 amide bonds. The Balaban J connectivity index is 2.98. The fraction of sp³-hybridized carbons (Fsp3) is 0.300. The van der Waals surface area contributed by atoms with Crippen LogP contribution in [0, 0.1) is 5.82 Å². The fourth-order valence-corrected chi connectivity index (χ4v) is 1.22. The summed E-state index contributed by atoms with van der Waals surface area (Å²) in [5, 5.41) is 17.8. The molecule has 0 atom stereocenters. The molecular weight excluding hydrogens is 203 g/mol. The summed E-state index contributed by atoms with van der Waals surface area (Å²) in [6.45, 7) is 0. The maximum Gasteiger partial charge on any atom is 0.303 e. The van der Waals surface area contributed by atoms with Crippen LogP contribution in [0.4, 0.5) is 4.39 Å². The zero-order chi connectivity index (χ0) is 11.4. The number of methoxy groups -OCH3 is 1. The lowest BCUT2D eigenvalue weighted by Crippen LogP contribution is -2.01. The van der Waals surface area contributed by atoms with Gasteiger partial charge < -0.3 is 14.9 Å². The molecule has 0 aromatic heterocycles. The van der Waals surface area contributed by atoms with E-state index in [-0.39, 0.29) is 29.9 Å². The van der Waals surface area contributed by atoms with E-state index in [1.165, 1.54) is 19.2 Å². The molecule has 0 aliphatic rings. The van der Waals surface area contributed by atoms with Crippen molar-refractivity contribution >= 4 is 5.97 Å². The minimum absolute atomic E-state index is 0.00631. The minimum atomic E-state index is -1.04. The Hall–Kier alpha value is -1.78. The summed E-state index contributed by atoms with van der Waals surface area (Å²) in [4.78, 5) is 10.3. The highest BCUT2D eigenvalue weighted by Crippen LogP contribution is 2.28. The van der Waals surface area contributed by atoms with Crippen LogP contribution in [-0.2, 0) is 11.2 Å². The predicted octanol–water partition coefficient (Wildman–Crippen LogP) is 1.56. The number of hydrogen-bond acceptors (Lipinski definition) is 3. The Bertz CT molecular complexity index is 376. The zero-order valence-electron chi connectivity index (χ0n) is 8.16. The topological polar surface area (TPSA) is 66.8 Å². The first-order valence-corrected chi connectivity index (χ1v) is 4.32. The van der Waals surface area contributed by atoms with Crippen molar-refractivity contribution < 1.29 is 24.1 Å². The van der Waals surface area contributed by atoms with Crippen molar-refractivity contribution in [3.8, 4) is 11.5 Å². The monoisotopic (exact) mass is 214 g/mol. The zero-order valence-corrected chi connectivity index (χ0v) is 8.16. The average Bonchev–Trinajstić information content (AvgIpc) is 2.17. The van der Waals surface area contributed by atoms with Crippen LogP contribution >= 0.6 is 0 Å². The van der Waals surface area contributed by atoms with Crippen molar-refractivity contribution in [2.24, 2.45) is 0 Å². The number of aromatic hydroxyl groups is 1. The van der Waals surface area contributed by atoms with E-state index in [4.69, 9.17) is 9.84 Å². The van der Waals surface area contributed by atoms with Crippen LogP contribution in [0.5, 0.6) is 11.5 Å². The summed E-state index contributed by atoms with van der Waals surface area (Å²) in [5.74, 6) is -2.02. The Morgan fingerprint density at radius 3 is 2.73 bits per heavy atom. The Morgan fingerprint density at radius 1 is 1.53 bits per heavy atom. The molecule has 0 bridgehead atoms. The van der Waals surface area contributed by atoms with Gasteiger partial charge in [0.15, 0.2) is 11.6 Å². The van der Waals surface area contributed by atoms with Crippen LogP contribution in [-0.4, -0.2) is 23.3 Å². The molecule has 2 N–H and O–H groups in total. The summed E-state index contributed by atoms with van der Waals surface area (Å²) >= 11 is 0. The minimum Gasteiger partial charge on any atom is -0.508 e. The second kappa shape index (κ2) is 4.63. The summed E-state index contributed by atoms with van der Waals surface area (Å²) in [6.07, 6.45) is -0.304. The SMILES string of the molecule is COc1ccc(O)c(CCC(=O)O)c1F. The van der Waals surface area contributed by atoms with Crippen molar-refractivity contribution in [1.29, 1.82) is 0 Å². The van der Waals surface area contributed by atoms with E-state index in [0.29, 0.717) is 0 Å². The number of carboxylic acids is 1. The lowest BCUT2D eigenvalue weighted by molar-refractivity contribution is -0.136. The molecule has 4 nitrogen and oxygen atoms in total. The van der Waals surface area contributed by atoms with Gasteiger partial charge in [0.2, 0.25) is 0 Å². The number of halogens is 1. The van der Waals surface area contributed by atoms with Gasteiger partial charge in [-0.05, 0) is 18.6 Å². The normalized spacial score (nSPS) is 10.0. The molecule has 5 heteroatoms. The first-order valence-electron chi connectivity index (χ1n) is 4.32. The van der Waals surface area contributed by atoms with Gasteiger partial charge in [0.1, 0.15) is 5.75 Å². The largest absolute Gasteiger partial charge is 0.508 e. The molecule has 0 aliphatic heterocycles. The van der Waals surface area contributed by atoms with Gasteiger partial charge in [-0.1, -0.05) is 0 Å². The number of ether oxygens (including phenoxy) is 1. The van der Waals surface area contributed by atoms with Crippen LogP contribution in [0.3, 0.4) is 0 Å². The third kappa shape index (κ3) is 2.59. The van der Waals surface area contributed by atoms with Crippen molar-refractivity contribution in [2.75, 3.05) is 7.11 Å². The second-order valence-corrected chi connectivity index (χ2v) is 2.97. The van der Waals surface area contributed by atoms with E-state index in [1.54, 1.807) is 0 Å². The smallest absolute Gasteiger partial charge is 0.303 e. The molecule has 0 radical (unpaired) electrons. The molecule has 0 spiro atoms. The van der Waals surface area contributed by atoms with Gasteiger partial charge in [0.25, 0.3) is 0 Å². The molecule has 0 aliphatic carbocycles. The standard InChI is InChI=1S/C10H11FO4/c1-15-8-4-3-7(12)6(10(8)11)2-5-9(13)14/h3-4,12H,2,5H2,1H3,(H,13,14). The first-order chi connectivity index (χ1) is 7.06. The molecule has 0 fully saturated rings. The lowest BCUT2D eigenvalue weighted by atomic mass is 10.1. The summed E-state index contributed by atoms with van der Waals surface area (Å²) in [5.41, 5.74) is -0.0308. The van der Waals surface area contributed by atoms with Crippen molar-refractivity contribution in [1.82, 2.24) is 0 Å². The average molecular weight is 214 g/mol. The number of aliphatic carboxylic acids is 1. The van der Waals surface area contributed by atoms with E-state index in [2.05, 4.69) is 0 Å². The molecule has 15 heavy (non-hydrogen) atoms. The van der Waals surface area contributed by atoms with Gasteiger partial charge in [-0.25, -0.2) is 4.39 Å². The van der Waals surface area contributed by atoms with E-state index in [0.717, 1.165) is 0 Å². The van der Waals surface area contributed by atoms with E-state index >= 15 is 0 Å². The maximum absolute atomic E-state index is 13.5. The van der Waals surface area contributed by atoms with Crippen LogP contribution in [0.25, 0.3) is 0 Å². The number of phenols is 1. The summed E-state index contributed by atoms with van der Waals surface area (Å²) < 4.78 is 18.2. The van der Waals surface area contributed by atoms with Crippen molar-refractivity contribution in [3.63, 3.8) is 0 Å². The third-order valence-electron chi connectivity index (χ3n) is 1.99. The van der Waals surface area contributed by atoms with E-state index in [1.807, 2.05) is 0 Å². The Morgan fingerprint density at radius 2 is 2.20 bits per heavy atom. The highest BCUT2D eigenvalue weighted by molar-refractivity contribution is 5.67. The van der Waals surface area contributed by atoms with Gasteiger partial charge in [-0.2, -0.15) is 0 Å². The van der Waals surface area contributed by atoms with Crippen LogP contribution < -0.4 is 4.74 Å². The van der Waals surface area contributed by atoms with Gasteiger partial charge in [0, 0.05) is 12.0 Å². The molecular formula is C10H11FO4. The summed E-state index contributed by atoms with van der Waals surface area (Å²) in [6, 6.07) is 2.56. The lowest BCUT2D eigenvalue weighted by Gasteiger charge is -2.08. The highest BCUT2D eigenvalue weighted by Gasteiger charge is 2.14. The number of hydrogen-bond donors (Lipinski definition) is 2. The summed E-state index contributed by atoms with van der Waals surface area (Å²) in [7, 11) is 1.30.